The maximum absolute atomic E-state index is 11.5. The molecule has 1 aromatic rings. The molecule has 0 aliphatic heterocycles. The lowest BCUT2D eigenvalue weighted by atomic mass is 10.1. The fraction of sp³-hybridized carbons (Fsp3) is 0.462. The summed E-state index contributed by atoms with van der Waals surface area (Å²) in [6, 6.07) is 8.04. The molecule has 17 heavy (non-hydrogen) atoms. The Bertz CT molecular complexity index is 338. The van der Waals surface area contributed by atoms with Gasteiger partial charge >= 0.3 is 0 Å². The summed E-state index contributed by atoms with van der Waals surface area (Å²) in [6.07, 6.45) is 2.18. The second-order valence-electron chi connectivity index (χ2n) is 3.82. The highest BCUT2D eigenvalue weighted by molar-refractivity contribution is 9.10. The molecule has 3 nitrogen and oxygen atoms in total. The van der Waals surface area contributed by atoms with Crippen molar-refractivity contribution in [2.75, 3.05) is 20.3 Å². The van der Waals surface area contributed by atoms with Crippen molar-refractivity contribution in [2.45, 2.75) is 19.3 Å². The smallest absolute Gasteiger partial charge is 0.220 e. The average Bonchev–Trinajstić information content (AvgIpc) is 2.34. The van der Waals surface area contributed by atoms with Crippen LogP contribution in [0.1, 0.15) is 18.4 Å². The first-order chi connectivity index (χ1) is 8.22. The first kappa shape index (κ1) is 14.2. The second-order valence-corrected chi connectivity index (χ2v) is 4.74. The van der Waals surface area contributed by atoms with E-state index in [4.69, 9.17) is 4.74 Å². The Hall–Kier alpha value is -0.870. The largest absolute Gasteiger partial charge is 0.385 e. The number of carbonyl (C=O) groups is 1. The molecule has 0 heterocycles. The van der Waals surface area contributed by atoms with Gasteiger partial charge in [-0.25, -0.2) is 0 Å². The van der Waals surface area contributed by atoms with Crippen LogP contribution in [-0.2, 0) is 16.0 Å². The molecule has 0 atom stereocenters. The molecule has 0 bridgehead atoms. The van der Waals surface area contributed by atoms with Gasteiger partial charge in [-0.15, -0.1) is 0 Å². The van der Waals surface area contributed by atoms with Gasteiger partial charge < -0.3 is 10.1 Å². The number of methoxy groups -OCH3 is 1. The van der Waals surface area contributed by atoms with Gasteiger partial charge in [0.25, 0.3) is 0 Å². The highest BCUT2D eigenvalue weighted by Gasteiger charge is 2.01. The molecule has 0 saturated heterocycles. The number of ether oxygens (including phenoxy) is 1. The van der Waals surface area contributed by atoms with Crippen LogP contribution in [0, 0.1) is 0 Å². The Morgan fingerprint density at radius 1 is 1.35 bits per heavy atom. The molecule has 0 unspecified atom stereocenters. The zero-order valence-corrected chi connectivity index (χ0v) is 11.6. The Morgan fingerprint density at radius 3 is 2.71 bits per heavy atom. The highest BCUT2D eigenvalue weighted by Crippen LogP contribution is 2.11. The molecule has 1 rings (SSSR count). The standard InChI is InChI=1S/C13H18BrNO2/c1-17-10-2-9-15-13(16)8-5-11-3-6-12(14)7-4-11/h3-4,6-7H,2,5,8-10H2,1H3,(H,15,16). The molecular weight excluding hydrogens is 282 g/mol. The van der Waals surface area contributed by atoms with Crippen molar-refractivity contribution in [3.63, 3.8) is 0 Å². The maximum Gasteiger partial charge on any atom is 0.220 e. The second kappa shape index (κ2) is 8.25. The molecular formula is C13H18BrNO2. The van der Waals surface area contributed by atoms with Crippen LogP contribution in [0.2, 0.25) is 0 Å². The van der Waals surface area contributed by atoms with Crippen LogP contribution in [0.5, 0.6) is 0 Å². The number of benzene rings is 1. The number of hydrogen-bond donors (Lipinski definition) is 1. The summed E-state index contributed by atoms with van der Waals surface area (Å²) in [5, 5.41) is 2.87. The molecule has 0 spiro atoms. The summed E-state index contributed by atoms with van der Waals surface area (Å²) in [7, 11) is 1.66. The zero-order chi connectivity index (χ0) is 12.5. The van der Waals surface area contributed by atoms with E-state index in [1.165, 1.54) is 5.56 Å². The summed E-state index contributed by atoms with van der Waals surface area (Å²) in [6.45, 7) is 1.38. The number of hydrogen-bond acceptors (Lipinski definition) is 2. The van der Waals surface area contributed by atoms with Gasteiger partial charge in [-0.1, -0.05) is 28.1 Å². The van der Waals surface area contributed by atoms with Crippen molar-refractivity contribution in [1.29, 1.82) is 0 Å². The van der Waals surface area contributed by atoms with Crippen LogP contribution in [0.4, 0.5) is 0 Å². The molecule has 0 aliphatic rings. The van der Waals surface area contributed by atoms with E-state index in [2.05, 4.69) is 21.2 Å². The van der Waals surface area contributed by atoms with Gasteiger partial charge in [0.05, 0.1) is 0 Å². The molecule has 0 fully saturated rings. The fourth-order valence-corrected chi connectivity index (χ4v) is 1.71. The van der Waals surface area contributed by atoms with E-state index < -0.39 is 0 Å². The lowest BCUT2D eigenvalue weighted by Crippen LogP contribution is -2.25. The van der Waals surface area contributed by atoms with Crippen molar-refractivity contribution in [3.8, 4) is 0 Å². The lowest BCUT2D eigenvalue weighted by Gasteiger charge is -2.05. The minimum atomic E-state index is 0.101. The van der Waals surface area contributed by atoms with Crippen LogP contribution in [-0.4, -0.2) is 26.2 Å². The number of carbonyl (C=O) groups excluding carboxylic acids is 1. The van der Waals surface area contributed by atoms with E-state index in [0.717, 1.165) is 17.3 Å². The molecule has 0 saturated carbocycles. The highest BCUT2D eigenvalue weighted by atomic mass is 79.9. The first-order valence-corrected chi connectivity index (χ1v) is 6.52. The predicted octanol–water partition coefficient (Wildman–Crippen LogP) is 2.53. The third-order valence-corrected chi connectivity index (χ3v) is 2.93. The maximum atomic E-state index is 11.5. The van der Waals surface area contributed by atoms with Gasteiger partial charge in [0.1, 0.15) is 0 Å². The molecule has 4 heteroatoms. The quantitative estimate of drug-likeness (QED) is 0.786. The summed E-state index contributed by atoms with van der Waals surface area (Å²) in [5.74, 6) is 0.101. The van der Waals surface area contributed by atoms with Crippen molar-refractivity contribution in [2.24, 2.45) is 0 Å². The Labute approximate surface area is 111 Å². The van der Waals surface area contributed by atoms with Crippen LogP contribution < -0.4 is 5.32 Å². The number of amides is 1. The van der Waals surface area contributed by atoms with Crippen molar-refractivity contribution in [3.05, 3.63) is 34.3 Å². The van der Waals surface area contributed by atoms with Crippen molar-refractivity contribution in [1.82, 2.24) is 5.32 Å². The Kier molecular flexibility index (Phi) is 6.89. The number of halogens is 1. The number of nitrogens with one attached hydrogen (secondary N) is 1. The van der Waals surface area contributed by atoms with E-state index in [-0.39, 0.29) is 5.91 Å². The minimum Gasteiger partial charge on any atom is -0.385 e. The van der Waals surface area contributed by atoms with Crippen LogP contribution in [0.25, 0.3) is 0 Å². The summed E-state index contributed by atoms with van der Waals surface area (Å²) >= 11 is 3.38. The predicted molar refractivity (Wildman–Crippen MR) is 72.0 cm³/mol. The molecule has 0 aromatic heterocycles. The number of rotatable bonds is 7. The molecule has 1 N–H and O–H groups in total. The molecule has 1 amide bonds. The Morgan fingerprint density at radius 2 is 2.06 bits per heavy atom. The monoisotopic (exact) mass is 299 g/mol. The van der Waals surface area contributed by atoms with Crippen LogP contribution in [0.15, 0.2) is 28.7 Å². The zero-order valence-electron chi connectivity index (χ0n) is 10.0. The van der Waals surface area contributed by atoms with Gasteiger partial charge in [0.15, 0.2) is 0 Å². The van der Waals surface area contributed by atoms with E-state index in [1.807, 2.05) is 24.3 Å². The Balaban J connectivity index is 2.17. The van der Waals surface area contributed by atoms with Crippen molar-refractivity contribution < 1.29 is 9.53 Å². The van der Waals surface area contributed by atoms with Gasteiger partial charge in [0.2, 0.25) is 5.91 Å². The normalized spacial score (nSPS) is 10.2. The van der Waals surface area contributed by atoms with Gasteiger partial charge in [0, 0.05) is 31.2 Å². The topological polar surface area (TPSA) is 38.3 Å². The average molecular weight is 300 g/mol. The third-order valence-electron chi connectivity index (χ3n) is 2.40. The summed E-state index contributed by atoms with van der Waals surface area (Å²) in [4.78, 5) is 11.5. The summed E-state index contributed by atoms with van der Waals surface area (Å²) in [5.41, 5.74) is 1.18. The summed E-state index contributed by atoms with van der Waals surface area (Å²) < 4.78 is 5.97. The fourth-order valence-electron chi connectivity index (χ4n) is 1.44. The first-order valence-electron chi connectivity index (χ1n) is 5.72. The number of aryl methyl sites for hydroxylation is 1. The van der Waals surface area contributed by atoms with Crippen LogP contribution in [0.3, 0.4) is 0 Å². The van der Waals surface area contributed by atoms with E-state index in [0.29, 0.717) is 19.6 Å². The van der Waals surface area contributed by atoms with E-state index in [9.17, 15) is 4.79 Å². The third kappa shape index (κ3) is 6.44. The van der Waals surface area contributed by atoms with E-state index in [1.54, 1.807) is 7.11 Å². The molecule has 1 aromatic carbocycles. The minimum absolute atomic E-state index is 0.101. The molecule has 94 valence electrons. The van der Waals surface area contributed by atoms with Gasteiger partial charge in [-0.05, 0) is 30.5 Å². The SMILES string of the molecule is COCCCNC(=O)CCc1ccc(Br)cc1. The van der Waals surface area contributed by atoms with Crippen LogP contribution >= 0.6 is 15.9 Å². The van der Waals surface area contributed by atoms with Gasteiger partial charge in [-0.3, -0.25) is 4.79 Å². The van der Waals surface area contributed by atoms with Gasteiger partial charge in [-0.2, -0.15) is 0 Å². The molecule has 0 aliphatic carbocycles. The molecule has 0 radical (unpaired) electrons. The lowest BCUT2D eigenvalue weighted by molar-refractivity contribution is -0.121. The van der Waals surface area contributed by atoms with E-state index >= 15 is 0 Å². The van der Waals surface area contributed by atoms with Crippen molar-refractivity contribution >= 4 is 21.8 Å².